The van der Waals surface area contributed by atoms with Crippen LogP contribution in [0.1, 0.15) is 42.2 Å². The summed E-state index contributed by atoms with van der Waals surface area (Å²) >= 11 is 0. The van der Waals surface area contributed by atoms with E-state index in [1.54, 1.807) is 12.3 Å². The van der Waals surface area contributed by atoms with Crippen LogP contribution < -0.4 is 10.2 Å². The van der Waals surface area contributed by atoms with E-state index in [0.717, 1.165) is 56.1 Å². The zero-order chi connectivity index (χ0) is 24.5. The lowest BCUT2D eigenvalue weighted by atomic mass is 10.0. The highest BCUT2D eigenvalue weighted by atomic mass is 19.2. The Hall–Kier alpha value is -3.33. The Labute approximate surface area is 203 Å². The number of hydrogen-bond donors (Lipinski definition) is 1. The van der Waals surface area contributed by atoms with Gasteiger partial charge in [-0.25, -0.2) is 13.8 Å². The van der Waals surface area contributed by atoms with E-state index in [0.29, 0.717) is 41.4 Å². The van der Waals surface area contributed by atoms with Gasteiger partial charge in [-0.05, 0) is 43.5 Å². The molecule has 3 aromatic rings. The summed E-state index contributed by atoms with van der Waals surface area (Å²) in [6.07, 6.45) is 2.72. The van der Waals surface area contributed by atoms with Gasteiger partial charge in [-0.2, -0.15) is 0 Å². The lowest BCUT2D eigenvalue weighted by Crippen LogP contribution is -2.36. The number of carbonyl (C=O) groups excluding carboxylic acids is 1. The summed E-state index contributed by atoms with van der Waals surface area (Å²) in [6, 6.07) is 7.00. The molecule has 1 amide bonds. The van der Waals surface area contributed by atoms with E-state index < -0.39 is 11.6 Å². The second kappa shape index (κ2) is 9.73. The fourth-order valence-corrected chi connectivity index (χ4v) is 4.75. The quantitative estimate of drug-likeness (QED) is 0.583. The maximum Gasteiger partial charge on any atom is 0.253 e. The Balaban J connectivity index is 1.54. The number of morpholine rings is 1. The van der Waals surface area contributed by atoms with Gasteiger partial charge in [0, 0.05) is 49.1 Å². The molecule has 0 spiro atoms. The molecule has 2 aromatic carbocycles. The number of likely N-dealkylation sites (tertiary alicyclic amines) is 1. The van der Waals surface area contributed by atoms with Crippen LogP contribution in [-0.4, -0.2) is 60.2 Å². The van der Waals surface area contributed by atoms with Gasteiger partial charge >= 0.3 is 0 Å². The van der Waals surface area contributed by atoms with Gasteiger partial charge in [0.2, 0.25) is 0 Å². The molecule has 7 nitrogen and oxygen atoms in total. The Morgan fingerprint density at radius 3 is 2.66 bits per heavy atom. The van der Waals surface area contributed by atoms with Crippen LogP contribution in [0.3, 0.4) is 0 Å². The van der Waals surface area contributed by atoms with Gasteiger partial charge in [-0.3, -0.25) is 9.78 Å². The lowest BCUT2D eigenvalue weighted by molar-refractivity contribution is 0.0788. The first kappa shape index (κ1) is 23.4. The standard InChI is InChI=1S/C26H29F2N5O2/c1-16-5-6-33(15-16)26(34)18-11-20(17(2)30-19-3-4-21(27)22(28)13-19)25-23(12-18)29-14-24(31-25)32-7-9-35-10-8-32/h3-4,11-14,16-17,30H,5-10,15H2,1-2H3/t16-,17?/m1/s1. The van der Waals surface area contributed by atoms with Gasteiger partial charge in [0.25, 0.3) is 5.91 Å². The first-order valence-corrected chi connectivity index (χ1v) is 12.0. The van der Waals surface area contributed by atoms with Crippen molar-refractivity contribution < 1.29 is 18.3 Å². The minimum atomic E-state index is -0.923. The third-order valence-electron chi connectivity index (χ3n) is 6.73. The summed E-state index contributed by atoms with van der Waals surface area (Å²) < 4.78 is 32.7. The maximum absolute atomic E-state index is 13.8. The molecular formula is C26H29F2N5O2. The predicted molar refractivity (Wildman–Crippen MR) is 131 cm³/mol. The van der Waals surface area contributed by atoms with Gasteiger partial charge in [0.05, 0.1) is 36.5 Å². The number of aromatic nitrogens is 2. The number of halogens is 2. The smallest absolute Gasteiger partial charge is 0.253 e. The first-order valence-electron chi connectivity index (χ1n) is 12.0. The summed E-state index contributed by atoms with van der Waals surface area (Å²) in [7, 11) is 0. The van der Waals surface area contributed by atoms with E-state index in [4.69, 9.17) is 9.72 Å². The van der Waals surface area contributed by atoms with Crippen LogP contribution in [0.25, 0.3) is 11.0 Å². The van der Waals surface area contributed by atoms with E-state index in [1.165, 1.54) is 6.07 Å². The number of rotatable bonds is 5. The molecule has 0 saturated carbocycles. The number of ether oxygens (including phenoxy) is 1. The van der Waals surface area contributed by atoms with Gasteiger partial charge in [-0.1, -0.05) is 6.92 Å². The molecule has 1 unspecified atom stereocenters. The second-order valence-electron chi connectivity index (χ2n) is 9.40. The zero-order valence-electron chi connectivity index (χ0n) is 19.9. The number of nitrogens with one attached hydrogen (secondary N) is 1. The Morgan fingerprint density at radius 2 is 1.94 bits per heavy atom. The van der Waals surface area contributed by atoms with E-state index in [-0.39, 0.29) is 11.9 Å². The van der Waals surface area contributed by atoms with E-state index >= 15 is 0 Å². The fourth-order valence-electron chi connectivity index (χ4n) is 4.75. The molecule has 0 bridgehead atoms. The highest BCUT2D eigenvalue weighted by molar-refractivity contribution is 5.98. The summed E-state index contributed by atoms with van der Waals surface area (Å²) in [5, 5.41) is 3.23. The SMILES string of the molecule is CC(Nc1ccc(F)c(F)c1)c1cc(C(=O)N2CC[C@@H](C)C2)cc2ncc(N3CCOCC3)nc12. The second-order valence-corrected chi connectivity index (χ2v) is 9.40. The largest absolute Gasteiger partial charge is 0.378 e. The molecule has 2 aliphatic heterocycles. The summed E-state index contributed by atoms with van der Waals surface area (Å²) in [6.45, 7) is 8.22. The third kappa shape index (κ3) is 4.91. The molecule has 184 valence electrons. The van der Waals surface area contributed by atoms with Crippen LogP contribution in [-0.2, 0) is 4.74 Å². The average molecular weight is 482 g/mol. The van der Waals surface area contributed by atoms with Crippen LogP contribution in [0, 0.1) is 17.6 Å². The van der Waals surface area contributed by atoms with Crippen molar-refractivity contribution in [3.05, 3.63) is 59.3 Å². The highest BCUT2D eigenvalue weighted by Gasteiger charge is 2.26. The summed E-state index contributed by atoms with van der Waals surface area (Å²) in [4.78, 5) is 26.9. The monoisotopic (exact) mass is 481 g/mol. The molecule has 0 aliphatic carbocycles. The predicted octanol–water partition coefficient (Wildman–Crippen LogP) is 4.40. The van der Waals surface area contributed by atoms with Crippen molar-refractivity contribution in [1.82, 2.24) is 14.9 Å². The van der Waals surface area contributed by atoms with Crippen molar-refractivity contribution in [2.75, 3.05) is 49.6 Å². The van der Waals surface area contributed by atoms with Gasteiger partial charge < -0.3 is 19.9 Å². The lowest BCUT2D eigenvalue weighted by Gasteiger charge is -2.28. The van der Waals surface area contributed by atoms with Crippen LogP contribution in [0.2, 0.25) is 0 Å². The molecule has 9 heteroatoms. The molecule has 2 saturated heterocycles. The highest BCUT2D eigenvalue weighted by Crippen LogP contribution is 2.30. The van der Waals surface area contributed by atoms with Crippen molar-refractivity contribution in [3.8, 4) is 0 Å². The van der Waals surface area contributed by atoms with Crippen molar-refractivity contribution in [1.29, 1.82) is 0 Å². The van der Waals surface area contributed by atoms with E-state index in [2.05, 4.69) is 22.1 Å². The number of amides is 1. The van der Waals surface area contributed by atoms with Crippen molar-refractivity contribution >= 4 is 28.4 Å². The van der Waals surface area contributed by atoms with E-state index in [9.17, 15) is 13.6 Å². The maximum atomic E-state index is 13.8. The summed E-state index contributed by atoms with van der Waals surface area (Å²) in [5.41, 5.74) is 3.04. The molecule has 2 aliphatic rings. The van der Waals surface area contributed by atoms with Crippen molar-refractivity contribution in [3.63, 3.8) is 0 Å². The molecule has 2 atom stereocenters. The molecule has 0 radical (unpaired) electrons. The zero-order valence-corrected chi connectivity index (χ0v) is 19.9. The minimum absolute atomic E-state index is 0.0309. The Bertz CT molecular complexity index is 1250. The molecule has 1 N–H and O–H groups in total. The number of hydrogen-bond acceptors (Lipinski definition) is 6. The number of carbonyl (C=O) groups is 1. The Morgan fingerprint density at radius 1 is 1.14 bits per heavy atom. The third-order valence-corrected chi connectivity index (χ3v) is 6.73. The van der Waals surface area contributed by atoms with Gasteiger partial charge in [0.15, 0.2) is 11.6 Å². The average Bonchev–Trinajstić information content (AvgIpc) is 3.31. The number of benzene rings is 2. The van der Waals surface area contributed by atoms with Crippen LogP contribution in [0.15, 0.2) is 36.5 Å². The Kier molecular flexibility index (Phi) is 6.51. The van der Waals surface area contributed by atoms with Crippen molar-refractivity contribution in [2.24, 2.45) is 5.92 Å². The molecule has 2 fully saturated rings. The normalized spacial score (nSPS) is 19.3. The van der Waals surface area contributed by atoms with Crippen molar-refractivity contribution in [2.45, 2.75) is 26.3 Å². The molecule has 35 heavy (non-hydrogen) atoms. The topological polar surface area (TPSA) is 70.6 Å². The number of fused-ring (bicyclic) bond motifs is 1. The molecule has 3 heterocycles. The van der Waals surface area contributed by atoms with Gasteiger partial charge in [-0.15, -0.1) is 0 Å². The molecule has 1 aromatic heterocycles. The fraction of sp³-hybridized carbons (Fsp3) is 0.423. The van der Waals surface area contributed by atoms with Crippen LogP contribution in [0.5, 0.6) is 0 Å². The van der Waals surface area contributed by atoms with Crippen LogP contribution in [0.4, 0.5) is 20.3 Å². The van der Waals surface area contributed by atoms with E-state index in [1.807, 2.05) is 17.9 Å². The van der Waals surface area contributed by atoms with Gasteiger partial charge in [0.1, 0.15) is 5.82 Å². The summed E-state index contributed by atoms with van der Waals surface area (Å²) in [5.74, 6) is -0.634. The number of nitrogens with zero attached hydrogens (tertiary/aromatic N) is 4. The minimum Gasteiger partial charge on any atom is -0.378 e. The molecule has 5 rings (SSSR count). The number of anilines is 2. The molecular weight excluding hydrogens is 452 g/mol. The first-order chi connectivity index (χ1) is 16.9. The van der Waals surface area contributed by atoms with Crippen LogP contribution >= 0.6 is 0 Å².